The Morgan fingerprint density at radius 1 is 1.56 bits per heavy atom. The lowest BCUT2D eigenvalue weighted by Crippen LogP contribution is -2.44. The molecule has 0 bridgehead atoms. The van der Waals surface area contributed by atoms with E-state index in [0.29, 0.717) is 12.6 Å². The number of methoxy groups -OCH3 is 1. The van der Waals surface area contributed by atoms with Gasteiger partial charge in [-0.25, -0.2) is 0 Å². The molecule has 0 aliphatic rings. The fourth-order valence-electron chi connectivity index (χ4n) is 2.23. The number of hydrogen-bond donors (Lipinski definition) is 1. The van der Waals surface area contributed by atoms with Crippen molar-refractivity contribution in [3.05, 3.63) is 18.0 Å². The lowest BCUT2D eigenvalue weighted by atomic mass is 9.98. The second-order valence-electron chi connectivity index (χ2n) is 4.93. The van der Waals surface area contributed by atoms with Crippen LogP contribution >= 0.6 is 0 Å². The van der Waals surface area contributed by atoms with E-state index in [2.05, 4.69) is 30.9 Å². The van der Waals surface area contributed by atoms with Crippen LogP contribution in [0.4, 0.5) is 0 Å². The smallest absolute Gasteiger partial charge is 0.0615 e. The first kappa shape index (κ1) is 15.1. The molecule has 2 N–H and O–H groups in total. The van der Waals surface area contributed by atoms with Gasteiger partial charge < -0.3 is 10.5 Å². The highest BCUT2D eigenvalue weighted by molar-refractivity contribution is 5.13. The van der Waals surface area contributed by atoms with Crippen LogP contribution in [0.3, 0.4) is 0 Å². The summed E-state index contributed by atoms with van der Waals surface area (Å²) in [6.45, 7) is 4.96. The second kappa shape index (κ2) is 6.87. The summed E-state index contributed by atoms with van der Waals surface area (Å²) in [5.74, 6) is 0. The molecule has 1 aromatic heterocycles. The number of ether oxygens (including phenoxy) is 1. The minimum Gasteiger partial charge on any atom is -0.383 e. The zero-order chi connectivity index (χ0) is 13.7. The third kappa shape index (κ3) is 3.54. The van der Waals surface area contributed by atoms with E-state index in [4.69, 9.17) is 10.5 Å². The average molecular weight is 254 g/mol. The maximum atomic E-state index is 6.27. The van der Waals surface area contributed by atoms with Gasteiger partial charge in [0.25, 0.3) is 0 Å². The van der Waals surface area contributed by atoms with E-state index in [0.717, 1.165) is 12.0 Å². The summed E-state index contributed by atoms with van der Waals surface area (Å²) in [5, 5.41) is 4.25. The lowest BCUT2D eigenvalue weighted by molar-refractivity contribution is 0.0793. The maximum absolute atomic E-state index is 6.27. The molecular weight excluding hydrogens is 228 g/mol. The van der Waals surface area contributed by atoms with E-state index in [1.54, 1.807) is 7.11 Å². The van der Waals surface area contributed by atoms with Crippen molar-refractivity contribution in [3.8, 4) is 0 Å². The van der Waals surface area contributed by atoms with Crippen LogP contribution in [0.25, 0.3) is 0 Å². The Kier molecular flexibility index (Phi) is 5.78. The summed E-state index contributed by atoms with van der Waals surface area (Å²) in [7, 11) is 5.75. The summed E-state index contributed by atoms with van der Waals surface area (Å²) in [6.07, 6.45) is 4.87. The summed E-state index contributed by atoms with van der Waals surface area (Å²) < 4.78 is 7.05. The first-order chi connectivity index (χ1) is 8.51. The predicted octanol–water partition coefficient (Wildman–Crippen LogP) is 1.17. The zero-order valence-electron chi connectivity index (χ0n) is 12.1. The number of nitrogens with zero attached hydrogens (tertiary/aromatic N) is 3. The van der Waals surface area contributed by atoms with Gasteiger partial charge in [0.1, 0.15) is 0 Å². The van der Waals surface area contributed by atoms with Crippen LogP contribution in [-0.4, -0.2) is 47.5 Å². The number of rotatable bonds is 7. The van der Waals surface area contributed by atoms with Gasteiger partial charge in [0.15, 0.2) is 0 Å². The van der Waals surface area contributed by atoms with Crippen molar-refractivity contribution in [1.82, 2.24) is 14.7 Å². The molecule has 1 aromatic rings. The Morgan fingerprint density at radius 3 is 2.67 bits per heavy atom. The molecule has 0 spiro atoms. The number of nitrogens with two attached hydrogens (primary N) is 1. The first-order valence-corrected chi connectivity index (χ1v) is 6.46. The summed E-state index contributed by atoms with van der Waals surface area (Å²) >= 11 is 0. The van der Waals surface area contributed by atoms with Crippen LogP contribution in [0.2, 0.25) is 0 Å². The highest BCUT2D eigenvalue weighted by atomic mass is 16.5. The third-order valence-corrected chi connectivity index (χ3v) is 3.49. The van der Waals surface area contributed by atoms with Gasteiger partial charge >= 0.3 is 0 Å². The van der Waals surface area contributed by atoms with Gasteiger partial charge in [-0.15, -0.1) is 0 Å². The van der Waals surface area contributed by atoms with Crippen molar-refractivity contribution in [1.29, 1.82) is 0 Å². The molecule has 0 saturated heterocycles. The lowest BCUT2D eigenvalue weighted by Gasteiger charge is -2.35. The monoisotopic (exact) mass is 254 g/mol. The normalized spacial score (nSPS) is 16.8. The van der Waals surface area contributed by atoms with Gasteiger partial charge in [-0.05, 0) is 20.4 Å². The molecule has 3 unspecified atom stereocenters. The average Bonchev–Trinajstić information content (AvgIpc) is 2.75. The van der Waals surface area contributed by atoms with Crippen molar-refractivity contribution in [3.63, 3.8) is 0 Å². The fourth-order valence-corrected chi connectivity index (χ4v) is 2.23. The van der Waals surface area contributed by atoms with Gasteiger partial charge in [-0.3, -0.25) is 9.58 Å². The van der Waals surface area contributed by atoms with Crippen molar-refractivity contribution < 1.29 is 4.74 Å². The van der Waals surface area contributed by atoms with E-state index < -0.39 is 0 Å². The molecule has 0 radical (unpaired) electrons. The van der Waals surface area contributed by atoms with Gasteiger partial charge in [0, 0.05) is 38.0 Å². The van der Waals surface area contributed by atoms with Crippen LogP contribution in [0.5, 0.6) is 0 Å². The Labute approximate surface area is 110 Å². The Balaban J connectivity index is 2.91. The number of aromatic nitrogens is 2. The Morgan fingerprint density at radius 2 is 2.22 bits per heavy atom. The van der Waals surface area contributed by atoms with Crippen molar-refractivity contribution in [2.45, 2.75) is 38.4 Å². The molecule has 1 rings (SSSR count). The van der Waals surface area contributed by atoms with E-state index in [9.17, 15) is 0 Å². The molecule has 18 heavy (non-hydrogen) atoms. The Hall–Kier alpha value is -0.910. The molecule has 104 valence electrons. The summed E-state index contributed by atoms with van der Waals surface area (Å²) in [5.41, 5.74) is 7.44. The van der Waals surface area contributed by atoms with Gasteiger partial charge in [-0.1, -0.05) is 6.92 Å². The largest absolute Gasteiger partial charge is 0.383 e. The maximum Gasteiger partial charge on any atom is 0.0615 e. The molecular formula is C13H26N4O. The standard InChI is InChI=1S/C13H26N4O/c1-6-12(14)13(11-7-15-16(3)8-11)17(4)10(2)9-18-5/h7-8,10,12-13H,6,9,14H2,1-5H3. The van der Waals surface area contributed by atoms with Crippen molar-refractivity contribution >= 4 is 0 Å². The number of hydrogen-bond acceptors (Lipinski definition) is 4. The number of likely N-dealkylation sites (N-methyl/N-ethyl adjacent to an activating group) is 1. The van der Waals surface area contributed by atoms with Crippen molar-refractivity contribution in [2.24, 2.45) is 12.8 Å². The first-order valence-electron chi connectivity index (χ1n) is 6.46. The van der Waals surface area contributed by atoms with E-state index >= 15 is 0 Å². The summed E-state index contributed by atoms with van der Waals surface area (Å²) in [6, 6.07) is 0.588. The second-order valence-corrected chi connectivity index (χ2v) is 4.93. The minimum atomic E-state index is 0.0958. The Bertz CT molecular complexity index is 353. The molecule has 0 aromatic carbocycles. The van der Waals surface area contributed by atoms with Crippen LogP contribution in [0.15, 0.2) is 12.4 Å². The molecule has 0 amide bonds. The van der Waals surface area contributed by atoms with E-state index in [1.165, 1.54) is 0 Å². The van der Waals surface area contributed by atoms with Crippen LogP contribution in [-0.2, 0) is 11.8 Å². The van der Waals surface area contributed by atoms with E-state index in [1.807, 2.05) is 24.1 Å². The quantitative estimate of drug-likeness (QED) is 0.793. The number of aryl methyl sites for hydroxylation is 1. The van der Waals surface area contributed by atoms with E-state index in [-0.39, 0.29) is 12.1 Å². The molecule has 5 heteroatoms. The van der Waals surface area contributed by atoms with Gasteiger partial charge in [0.2, 0.25) is 0 Å². The third-order valence-electron chi connectivity index (χ3n) is 3.49. The van der Waals surface area contributed by atoms with Crippen LogP contribution in [0, 0.1) is 0 Å². The molecule has 0 fully saturated rings. The predicted molar refractivity (Wildman–Crippen MR) is 73.3 cm³/mol. The summed E-state index contributed by atoms with van der Waals surface area (Å²) in [4.78, 5) is 2.27. The molecule has 5 nitrogen and oxygen atoms in total. The fraction of sp³-hybridized carbons (Fsp3) is 0.769. The SMILES string of the molecule is CCC(N)C(c1cnn(C)c1)N(C)C(C)COC. The highest BCUT2D eigenvalue weighted by Gasteiger charge is 2.27. The van der Waals surface area contributed by atoms with Gasteiger partial charge in [-0.2, -0.15) is 5.10 Å². The van der Waals surface area contributed by atoms with Crippen molar-refractivity contribution in [2.75, 3.05) is 20.8 Å². The minimum absolute atomic E-state index is 0.0958. The topological polar surface area (TPSA) is 56.3 Å². The highest BCUT2D eigenvalue weighted by Crippen LogP contribution is 2.25. The van der Waals surface area contributed by atoms with Gasteiger partial charge in [0.05, 0.1) is 18.8 Å². The van der Waals surface area contributed by atoms with Crippen LogP contribution in [0.1, 0.15) is 31.9 Å². The molecule has 0 saturated carbocycles. The van der Waals surface area contributed by atoms with Crippen LogP contribution < -0.4 is 5.73 Å². The molecule has 3 atom stereocenters. The molecule has 0 aliphatic carbocycles. The molecule has 0 aliphatic heterocycles. The zero-order valence-corrected chi connectivity index (χ0v) is 12.1. The molecule has 1 heterocycles.